The van der Waals surface area contributed by atoms with Crippen LogP contribution in [0.4, 0.5) is 27.2 Å². The first-order valence-electron chi connectivity index (χ1n) is 14.8. The molecular formula is C32H38F4N4O4. The van der Waals surface area contributed by atoms with Gasteiger partial charge in [0.05, 0.1) is 18.2 Å². The number of nitrogens with zero attached hydrogens (tertiary/aromatic N) is 2. The standard InChI is InChI=1S/C32H38F4N4O4/c1-30(2,3)44-28(42)38-24(20-8-5-4-6-9-20)19-40-27(41)26-25(12-13-31(26)14-16-37-17-15-31)39(29(40)43)18-21-22(32(34,35)36)10-7-11-23(21)33/h4-11,24,27,37,41H,12-19H2,1-3H3,(H,38,42)/t24-,27?/m0/s1. The van der Waals surface area contributed by atoms with Gasteiger partial charge in [0.2, 0.25) is 0 Å². The number of hydrogen-bond acceptors (Lipinski definition) is 5. The maximum Gasteiger partial charge on any atom is 0.416 e. The molecule has 8 nitrogen and oxygen atoms in total. The number of piperidine rings is 1. The lowest BCUT2D eigenvalue weighted by molar-refractivity contribution is -0.138. The molecule has 238 valence electrons. The smallest absolute Gasteiger partial charge is 0.416 e. The van der Waals surface area contributed by atoms with Crippen LogP contribution in [-0.2, 0) is 17.5 Å². The SMILES string of the molecule is CC(C)(C)OC(=O)N[C@@H](CN1C(=O)N(Cc2c(F)cccc2C(F)(F)F)C2=C(C1O)C1(CCNCC1)CC2)c1ccccc1. The van der Waals surface area contributed by atoms with Gasteiger partial charge in [-0.2, -0.15) is 13.2 Å². The fraction of sp³-hybridized carbons (Fsp3) is 0.500. The molecule has 0 aromatic heterocycles. The number of carbonyl (C=O) groups is 2. The molecule has 1 saturated heterocycles. The average Bonchev–Trinajstić information content (AvgIpc) is 3.30. The third-order valence-corrected chi connectivity index (χ3v) is 8.65. The van der Waals surface area contributed by atoms with Crippen LogP contribution >= 0.6 is 0 Å². The van der Waals surface area contributed by atoms with Crippen molar-refractivity contribution in [3.63, 3.8) is 0 Å². The Labute approximate surface area is 254 Å². The van der Waals surface area contributed by atoms with Gasteiger partial charge in [-0.1, -0.05) is 36.4 Å². The fourth-order valence-corrected chi connectivity index (χ4v) is 6.64. The minimum absolute atomic E-state index is 0.214. The van der Waals surface area contributed by atoms with Crippen LogP contribution in [0.15, 0.2) is 59.8 Å². The number of alkyl carbamates (subject to hydrolysis) is 1. The van der Waals surface area contributed by atoms with Crippen molar-refractivity contribution in [2.75, 3.05) is 19.6 Å². The summed E-state index contributed by atoms with van der Waals surface area (Å²) in [6, 6.07) is 9.95. The zero-order valence-electron chi connectivity index (χ0n) is 25.0. The summed E-state index contributed by atoms with van der Waals surface area (Å²) in [4.78, 5) is 29.4. The molecule has 44 heavy (non-hydrogen) atoms. The number of ether oxygens (including phenoxy) is 1. The van der Waals surface area contributed by atoms with Gasteiger partial charge < -0.3 is 20.5 Å². The monoisotopic (exact) mass is 618 g/mol. The zero-order valence-corrected chi connectivity index (χ0v) is 25.0. The van der Waals surface area contributed by atoms with Gasteiger partial charge in [0.15, 0.2) is 6.23 Å². The molecule has 2 aromatic carbocycles. The molecule has 2 heterocycles. The summed E-state index contributed by atoms with van der Waals surface area (Å²) in [5, 5.41) is 18.0. The van der Waals surface area contributed by atoms with Crippen LogP contribution in [0.3, 0.4) is 0 Å². The molecule has 5 rings (SSSR count). The van der Waals surface area contributed by atoms with Gasteiger partial charge in [0.1, 0.15) is 11.4 Å². The van der Waals surface area contributed by atoms with E-state index in [4.69, 9.17) is 4.74 Å². The van der Waals surface area contributed by atoms with E-state index in [-0.39, 0.29) is 6.54 Å². The summed E-state index contributed by atoms with van der Waals surface area (Å²) in [6.45, 7) is 5.62. The van der Waals surface area contributed by atoms with Crippen molar-refractivity contribution in [1.29, 1.82) is 0 Å². The fourth-order valence-electron chi connectivity index (χ4n) is 6.64. The first-order valence-corrected chi connectivity index (χ1v) is 14.8. The van der Waals surface area contributed by atoms with Gasteiger partial charge in [0, 0.05) is 28.8 Å². The van der Waals surface area contributed by atoms with E-state index in [0.717, 1.165) is 23.1 Å². The van der Waals surface area contributed by atoms with Crippen molar-refractivity contribution in [3.8, 4) is 0 Å². The Bertz CT molecular complexity index is 1420. The molecule has 2 atom stereocenters. The number of halogens is 4. The van der Waals surface area contributed by atoms with Crippen LogP contribution in [0.2, 0.25) is 0 Å². The Hall–Kier alpha value is -3.64. The van der Waals surface area contributed by atoms with Crippen molar-refractivity contribution < 1.29 is 37.0 Å². The predicted octanol–water partition coefficient (Wildman–Crippen LogP) is 6.08. The van der Waals surface area contributed by atoms with Crippen molar-refractivity contribution in [2.24, 2.45) is 5.41 Å². The Balaban J connectivity index is 1.56. The number of aliphatic hydroxyl groups is 1. The molecule has 0 bridgehead atoms. The van der Waals surface area contributed by atoms with E-state index in [2.05, 4.69) is 10.6 Å². The molecule has 0 radical (unpaired) electrons. The van der Waals surface area contributed by atoms with Crippen molar-refractivity contribution >= 4 is 12.1 Å². The summed E-state index contributed by atoms with van der Waals surface area (Å²) >= 11 is 0. The highest BCUT2D eigenvalue weighted by Gasteiger charge is 2.52. The Kier molecular flexibility index (Phi) is 8.69. The molecular weight excluding hydrogens is 580 g/mol. The number of nitrogens with one attached hydrogen (secondary N) is 2. The molecule has 3 N–H and O–H groups in total. The summed E-state index contributed by atoms with van der Waals surface area (Å²) in [7, 11) is 0. The molecule has 1 fully saturated rings. The number of rotatable bonds is 6. The van der Waals surface area contributed by atoms with E-state index in [1.54, 1.807) is 51.1 Å². The second kappa shape index (κ2) is 12.0. The van der Waals surface area contributed by atoms with Gasteiger partial charge in [-0.05, 0) is 77.2 Å². The number of fused-ring (bicyclic) bond motifs is 1. The normalized spacial score (nSPS) is 21.0. The average molecular weight is 619 g/mol. The second-order valence-corrected chi connectivity index (χ2v) is 12.7. The second-order valence-electron chi connectivity index (χ2n) is 12.7. The van der Waals surface area contributed by atoms with E-state index in [1.807, 2.05) is 0 Å². The summed E-state index contributed by atoms with van der Waals surface area (Å²) < 4.78 is 62.4. The van der Waals surface area contributed by atoms with Crippen molar-refractivity contribution in [2.45, 2.75) is 77.0 Å². The number of allylic oxidation sites excluding steroid dienone is 1. The molecule has 1 unspecified atom stereocenters. The van der Waals surface area contributed by atoms with Crippen LogP contribution in [0.25, 0.3) is 0 Å². The van der Waals surface area contributed by atoms with Gasteiger partial charge in [0.25, 0.3) is 0 Å². The third-order valence-electron chi connectivity index (χ3n) is 8.65. The third kappa shape index (κ3) is 6.41. The number of hydrogen-bond donors (Lipinski definition) is 3. The topological polar surface area (TPSA) is 94.1 Å². The van der Waals surface area contributed by atoms with E-state index in [9.17, 15) is 27.9 Å². The predicted molar refractivity (Wildman–Crippen MR) is 154 cm³/mol. The van der Waals surface area contributed by atoms with E-state index in [1.165, 1.54) is 4.90 Å². The minimum Gasteiger partial charge on any atom is -0.444 e. The highest BCUT2D eigenvalue weighted by molar-refractivity contribution is 5.80. The molecule has 12 heteroatoms. The largest absolute Gasteiger partial charge is 0.444 e. The highest BCUT2D eigenvalue weighted by atomic mass is 19.4. The van der Waals surface area contributed by atoms with Gasteiger partial charge in [-0.3, -0.25) is 9.80 Å². The highest BCUT2D eigenvalue weighted by Crippen LogP contribution is 2.54. The lowest BCUT2D eigenvalue weighted by Gasteiger charge is -2.46. The van der Waals surface area contributed by atoms with Crippen molar-refractivity contribution in [3.05, 3.63) is 82.3 Å². The van der Waals surface area contributed by atoms with E-state index >= 15 is 4.39 Å². The molecule has 1 aliphatic carbocycles. The minimum atomic E-state index is -4.84. The number of carbonyl (C=O) groups excluding carboxylic acids is 2. The molecule has 2 aliphatic heterocycles. The number of alkyl halides is 3. The van der Waals surface area contributed by atoms with Gasteiger partial charge in [-0.15, -0.1) is 0 Å². The number of urea groups is 1. The number of amides is 3. The summed E-state index contributed by atoms with van der Waals surface area (Å²) in [5.41, 5.74) is -1.44. The first kappa shape index (κ1) is 31.8. The zero-order chi connectivity index (χ0) is 31.9. The van der Waals surface area contributed by atoms with Crippen LogP contribution in [0, 0.1) is 11.2 Å². The summed E-state index contributed by atoms with van der Waals surface area (Å²) in [5.74, 6) is -1.07. The molecule has 3 amide bonds. The number of aliphatic hydroxyl groups excluding tert-OH is 1. The molecule has 3 aliphatic rings. The number of benzene rings is 2. The quantitative estimate of drug-likeness (QED) is 0.341. The molecule has 0 saturated carbocycles. The Morgan fingerprint density at radius 2 is 1.77 bits per heavy atom. The van der Waals surface area contributed by atoms with Gasteiger partial charge >= 0.3 is 18.3 Å². The van der Waals surface area contributed by atoms with Crippen LogP contribution < -0.4 is 10.6 Å². The maximum absolute atomic E-state index is 15.1. The Morgan fingerprint density at radius 3 is 2.41 bits per heavy atom. The van der Waals surface area contributed by atoms with Crippen LogP contribution in [-0.4, -0.2) is 58.5 Å². The van der Waals surface area contributed by atoms with Gasteiger partial charge in [-0.25, -0.2) is 14.0 Å². The lowest BCUT2D eigenvalue weighted by Crippen LogP contribution is -2.57. The Morgan fingerprint density at radius 1 is 1.09 bits per heavy atom. The maximum atomic E-state index is 15.1. The lowest BCUT2D eigenvalue weighted by atomic mass is 9.72. The molecule has 2 aromatic rings. The van der Waals surface area contributed by atoms with Crippen LogP contribution in [0.1, 0.15) is 69.2 Å². The van der Waals surface area contributed by atoms with E-state index < -0.39 is 65.1 Å². The summed E-state index contributed by atoms with van der Waals surface area (Å²) in [6.07, 6.45) is -4.65. The first-order chi connectivity index (χ1) is 20.7. The van der Waals surface area contributed by atoms with E-state index in [0.29, 0.717) is 55.6 Å². The van der Waals surface area contributed by atoms with Crippen LogP contribution in [0.5, 0.6) is 0 Å². The molecule has 1 spiro atoms. The van der Waals surface area contributed by atoms with Crippen molar-refractivity contribution in [1.82, 2.24) is 20.4 Å².